The standard InChI is InChI=1S/C20H27N5O5S/c1-3-6-21-19(26)13-24-7-9-25(10-8-24)18-12-16(20(27)28)15-11-14(23-31(2,29)30)4-5-17(15)22-18/h4-5,11-12,23H,3,6-10,13H2,1-2H3,(H,21,26)(H,27,28). The summed E-state index contributed by atoms with van der Waals surface area (Å²) in [5.41, 5.74) is 0.802. The molecule has 3 N–H and O–H groups in total. The van der Waals surface area contributed by atoms with Crippen molar-refractivity contribution < 1.29 is 23.1 Å². The van der Waals surface area contributed by atoms with E-state index in [2.05, 4.69) is 19.9 Å². The predicted molar refractivity (Wildman–Crippen MR) is 119 cm³/mol. The van der Waals surface area contributed by atoms with Crippen LogP contribution in [0.1, 0.15) is 23.7 Å². The molecule has 2 heterocycles. The third-order valence-electron chi connectivity index (χ3n) is 4.96. The smallest absolute Gasteiger partial charge is 0.336 e. The van der Waals surface area contributed by atoms with E-state index >= 15 is 0 Å². The number of fused-ring (bicyclic) bond motifs is 1. The molecule has 10 nitrogen and oxygen atoms in total. The number of carbonyl (C=O) groups excluding carboxylic acids is 1. The number of pyridine rings is 1. The zero-order chi connectivity index (χ0) is 22.6. The first-order chi connectivity index (χ1) is 14.7. The van der Waals surface area contributed by atoms with Crippen molar-refractivity contribution in [3.05, 3.63) is 29.8 Å². The van der Waals surface area contributed by atoms with E-state index in [1.165, 1.54) is 12.1 Å². The minimum Gasteiger partial charge on any atom is -0.478 e. The lowest BCUT2D eigenvalue weighted by Crippen LogP contribution is -2.49. The van der Waals surface area contributed by atoms with E-state index < -0.39 is 16.0 Å². The number of carboxylic acids is 1. The van der Waals surface area contributed by atoms with E-state index in [1.807, 2.05) is 11.8 Å². The SMILES string of the molecule is CCCNC(=O)CN1CCN(c2cc(C(=O)O)c3cc(NS(C)(=O)=O)ccc3n2)CC1. The number of anilines is 2. The molecule has 3 rings (SSSR count). The van der Waals surface area contributed by atoms with Gasteiger partial charge in [-0.1, -0.05) is 6.92 Å². The molecule has 0 radical (unpaired) electrons. The molecule has 0 bridgehead atoms. The molecule has 31 heavy (non-hydrogen) atoms. The van der Waals surface area contributed by atoms with E-state index in [-0.39, 0.29) is 17.2 Å². The van der Waals surface area contributed by atoms with Crippen LogP contribution in [-0.2, 0) is 14.8 Å². The number of sulfonamides is 1. The van der Waals surface area contributed by atoms with Gasteiger partial charge >= 0.3 is 5.97 Å². The van der Waals surface area contributed by atoms with Gasteiger partial charge < -0.3 is 15.3 Å². The number of nitrogens with zero attached hydrogens (tertiary/aromatic N) is 3. The van der Waals surface area contributed by atoms with Crippen molar-refractivity contribution in [3.63, 3.8) is 0 Å². The van der Waals surface area contributed by atoms with Crippen molar-refractivity contribution in [1.82, 2.24) is 15.2 Å². The molecule has 0 saturated carbocycles. The van der Waals surface area contributed by atoms with Gasteiger partial charge in [-0.05, 0) is 30.7 Å². The first kappa shape index (κ1) is 22.8. The van der Waals surface area contributed by atoms with Gasteiger partial charge in [0.1, 0.15) is 5.82 Å². The number of carboxylic acid groups (broad SMARTS) is 1. The lowest BCUT2D eigenvalue weighted by molar-refractivity contribution is -0.122. The number of amides is 1. The van der Waals surface area contributed by atoms with Crippen LogP contribution in [0.5, 0.6) is 0 Å². The fourth-order valence-corrected chi connectivity index (χ4v) is 4.04. The Kier molecular flexibility index (Phi) is 6.96. The lowest BCUT2D eigenvalue weighted by atomic mass is 10.1. The number of rotatable bonds is 8. The first-order valence-corrected chi connectivity index (χ1v) is 12.0. The van der Waals surface area contributed by atoms with E-state index in [0.29, 0.717) is 56.0 Å². The van der Waals surface area contributed by atoms with E-state index in [9.17, 15) is 23.1 Å². The van der Waals surface area contributed by atoms with Crippen molar-refractivity contribution in [1.29, 1.82) is 0 Å². The van der Waals surface area contributed by atoms with Gasteiger partial charge in [0, 0.05) is 43.8 Å². The van der Waals surface area contributed by atoms with Crippen LogP contribution in [0.15, 0.2) is 24.3 Å². The molecule has 1 amide bonds. The fraction of sp³-hybridized carbons (Fsp3) is 0.450. The third kappa shape index (κ3) is 6.05. The van der Waals surface area contributed by atoms with Gasteiger partial charge in [-0.3, -0.25) is 14.4 Å². The highest BCUT2D eigenvalue weighted by Crippen LogP contribution is 2.27. The van der Waals surface area contributed by atoms with Gasteiger partial charge in [-0.2, -0.15) is 0 Å². The molecule has 0 spiro atoms. The van der Waals surface area contributed by atoms with Gasteiger partial charge in [-0.25, -0.2) is 18.2 Å². The van der Waals surface area contributed by atoms with E-state index in [1.54, 1.807) is 12.1 Å². The normalized spacial score (nSPS) is 15.1. The lowest BCUT2D eigenvalue weighted by Gasteiger charge is -2.35. The Labute approximate surface area is 181 Å². The molecule has 1 aliphatic heterocycles. The Morgan fingerprint density at radius 3 is 2.48 bits per heavy atom. The van der Waals surface area contributed by atoms with Gasteiger partial charge in [0.05, 0.1) is 23.9 Å². The molecule has 1 saturated heterocycles. The quantitative estimate of drug-likeness (QED) is 0.543. The summed E-state index contributed by atoms with van der Waals surface area (Å²) >= 11 is 0. The molecular weight excluding hydrogens is 422 g/mol. The number of hydrogen-bond donors (Lipinski definition) is 3. The van der Waals surface area contributed by atoms with Crippen LogP contribution in [0.4, 0.5) is 11.5 Å². The Morgan fingerprint density at radius 2 is 1.87 bits per heavy atom. The summed E-state index contributed by atoms with van der Waals surface area (Å²) in [5, 5.41) is 12.9. The van der Waals surface area contributed by atoms with Gasteiger partial charge in [0.15, 0.2) is 0 Å². The number of hydrogen-bond acceptors (Lipinski definition) is 7. The number of benzene rings is 1. The molecule has 168 valence electrons. The average molecular weight is 450 g/mol. The molecule has 0 atom stereocenters. The maximum Gasteiger partial charge on any atom is 0.336 e. The number of piperazine rings is 1. The summed E-state index contributed by atoms with van der Waals surface area (Å²) in [6.07, 6.45) is 1.93. The highest BCUT2D eigenvalue weighted by atomic mass is 32.2. The molecule has 0 unspecified atom stereocenters. The van der Waals surface area contributed by atoms with Crippen molar-refractivity contribution in [2.75, 3.05) is 55.1 Å². The van der Waals surface area contributed by atoms with Crippen LogP contribution in [-0.4, -0.2) is 80.8 Å². The number of carbonyl (C=O) groups is 2. The van der Waals surface area contributed by atoms with Crippen LogP contribution in [0, 0.1) is 0 Å². The van der Waals surface area contributed by atoms with Crippen molar-refractivity contribution in [2.24, 2.45) is 0 Å². The van der Waals surface area contributed by atoms with Crippen molar-refractivity contribution in [2.45, 2.75) is 13.3 Å². The van der Waals surface area contributed by atoms with Crippen LogP contribution in [0.3, 0.4) is 0 Å². The van der Waals surface area contributed by atoms with Crippen LogP contribution >= 0.6 is 0 Å². The third-order valence-corrected chi connectivity index (χ3v) is 5.57. The molecular formula is C20H27N5O5S. The predicted octanol–water partition coefficient (Wildman–Crippen LogP) is 0.953. The first-order valence-electron chi connectivity index (χ1n) is 10.1. The van der Waals surface area contributed by atoms with Crippen LogP contribution < -0.4 is 14.9 Å². The Morgan fingerprint density at radius 1 is 1.16 bits per heavy atom. The van der Waals surface area contributed by atoms with Gasteiger partial charge in [-0.15, -0.1) is 0 Å². The fourth-order valence-electron chi connectivity index (χ4n) is 3.49. The molecule has 2 aromatic rings. The van der Waals surface area contributed by atoms with Crippen LogP contribution in [0.25, 0.3) is 10.9 Å². The number of aromatic carboxylic acids is 1. The second kappa shape index (κ2) is 9.48. The molecule has 1 aromatic heterocycles. The van der Waals surface area contributed by atoms with Crippen LogP contribution in [0.2, 0.25) is 0 Å². The monoisotopic (exact) mass is 449 g/mol. The second-order valence-electron chi connectivity index (χ2n) is 7.55. The number of nitrogens with one attached hydrogen (secondary N) is 2. The molecule has 11 heteroatoms. The zero-order valence-corrected chi connectivity index (χ0v) is 18.4. The van der Waals surface area contributed by atoms with Crippen molar-refractivity contribution >= 4 is 44.3 Å². The van der Waals surface area contributed by atoms with Gasteiger partial charge in [0.25, 0.3) is 0 Å². The summed E-state index contributed by atoms with van der Waals surface area (Å²) in [4.78, 5) is 32.4. The zero-order valence-electron chi connectivity index (χ0n) is 17.6. The molecule has 0 aliphatic carbocycles. The Balaban J connectivity index is 1.78. The van der Waals surface area contributed by atoms with E-state index in [4.69, 9.17) is 0 Å². The maximum atomic E-state index is 11.9. The summed E-state index contributed by atoms with van der Waals surface area (Å²) in [7, 11) is -3.48. The van der Waals surface area contributed by atoms with Gasteiger partial charge in [0.2, 0.25) is 15.9 Å². The molecule has 1 aliphatic rings. The van der Waals surface area contributed by atoms with Crippen molar-refractivity contribution in [3.8, 4) is 0 Å². The summed E-state index contributed by atoms with van der Waals surface area (Å²) < 4.78 is 25.3. The topological polar surface area (TPSA) is 132 Å². The summed E-state index contributed by atoms with van der Waals surface area (Å²) in [6, 6.07) is 6.15. The Bertz CT molecular complexity index is 1080. The minimum absolute atomic E-state index is 0.00537. The highest BCUT2D eigenvalue weighted by Gasteiger charge is 2.22. The minimum atomic E-state index is -3.48. The average Bonchev–Trinajstić information content (AvgIpc) is 2.70. The number of aromatic nitrogens is 1. The van der Waals surface area contributed by atoms with E-state index in [0.717, 1.165) is 12.7 Å². The largest absolute Gasteiger partial charge is 0.478 e. The molecule has 1 aromatic carbocycles. The summed E-state index contributed by atoms with van der Waals surface area (Å²) in [5.74, 6) is -0.564. The molecule has 1 fully saturated rings. The summed E-state index contributed by atoms with van der Waals surface area (Å²) in [6.45, 7) is 5.58. The maximum absolute atomic E-state index is 11.9. The Hall–Kier alpha value is -2.92. The second-order valence-corrected chi connectivity index (χ2v) is 9.30. The highest BCUT2D eigenvalue weighted by molar-refractivity contribution is 7.92.